The molecule has 0 spiro atoms. The molecule has 1 amide bonds. The number of hydrogen-bond acceptors (Lipinski definition) is 6. The lowest BCUT2D eigenvalue weighted by Crippen LogP contribution is -2.25. The highest BCUT2D eigenvalue weighted by molar-refractivity contribution is 7.15. The van der Waals surface area contributed by atoms with Crippen LogP contribution in [0, 0.1) is 0 Å². The number of ether oxygens (including phenoxy) is 2. The van der Waals surface area contributed by atoms with Crippen molar-refractivity contribution >= 4 is 22.4 Å². The van der Waals surface area contributed by atoms with Crippen LogP contribution in [-0.4, -0.2) is 42.6 Å². The maximum atomic E-state index is 12.5. The molecule has 0 unspecified atom stereocenters. The Hall–Kier alpha value is -2.26. The molecule has 0 bridgehead atoms. The molecule has 0 saturated heterocycles. The van der Waals surface area contributed by atoms with Gasteiger partial charge in [0, 0.05) is 30.0 Å². The molecule has 2 aromatic rings. The van der Waals surface area contributed by atoms with Crippen LogP contribution in [0.1, 0.15) is 27.9 Å². The third-order valence-electron chi connectivity index (χ3n) is 3.86. The van der Waals surface area contributed by atoms with Gasteiger partial charge < -0.3 is 14.4 Å². The van der Waals surface area contributed by atoms with Crippen LogP contribution in [0.25, 0.3) is 0 Å². The highest BCUT2D eigenvalue weighted by Crippen LogP contribution is 2.31. The molecule has 0 fully saturated rings. The van der Waals surface area contributed by atoms with E-state index in [2.05, 4.69) is 19.9 Å². The summed E-state index contributed by atoms with van der Waals surface area (Å²) in [6.45, 7) is 0.770. The van der Waals surface area contributed by atoms with Gasteiger partial charge in [-0.25, -0.2) is 4.98 Å². The molecule has 1 aliphatic heterocycles. The third-order valence-corrected chi connectivity index (χ3v) is 4.86. The second-order valence-corrected chi connectivity index (χ2v) is 6.89. The summed E-state index contributed by atoms with van der Waals surface area (Å²) in [6.07, 6.45) is 0.854. The minimum Gasteiger partial charge on any atom is -0.490 e. The smallest absolute Gasteiger partial charge is 0.387 e. The third kappa shape index (κ3) is 4.28. The van der Waals surface area contributed by atoms with Crippen molar-refractivity contribution in [1.82, 2.24) is 9.88 Å². The summed E-state index contributed by atoms with van der Waals surface area (Å²) >= 11 is 1.45. The largest absolute Gasteiger partial charge is 0.490 e. The summed E-state index contributed by atoms with van der Waals surface area (Å²) in [5.41, 5.74) is 1.29. The first-order valence-electron chi connectivity index (χ1n) is 8.16. The summed E-state index contributed by atoms with van der Waals surface area (Å²) in [7, 11) is 2.04. The monoisotopic (exact) mass is 383 g/mol. The SMILES string of the molecule is CCOc1cc(C(=O)Nc2nc3c(s2)CN(C)CC3)ccc1OC(F)F. The number of benzene rings is 1. The van der Waals surface area contributed by atoms with Gasteiger partial charge in [0.15, 0.2) is 16.6 Å². The van der Waals surface area contributed by atoms with E-state index in [0.29, 0.717) is 5.13 Å². The molecule has 26 heavy (non-hydrogen) atoms. The number of aromatic nitrogens is 1. The zero-order valence-electron chi connectivity index (χ0n) is 14.4. The van der Waals surface area contributed by atoms with Crippen LogP contribution in [0.2, 0.25) is 0 Å². The van der Waals surface area contributed by atoms with E-state index in [4.69, 9.17) is 4.74 Å². The highest BCUT2D eigenvalue weighted by atomic mass is 32.1. The molecular weight excluding hydrogens is 364 g/mol. The van der Waals surface area contributed by atoms with Gasteiger partial charge in [0.1, 0.15) is 0 Å². The van der Waals surface area contributed by atoms with E-state index < -0.39 is 6.61 Å². The zero-order chi connectivity index (χ0) is 18.7. The first kappa shape index (κ1) is 18.5. The first-order valence-corrected chi connectivity index (χ1v) is 8.98. The molecule has 0 saturated carbocycles. The van der Waals surface area contributed by atoms with Crippen molar-refractivity contribution in [3.63, 3.8) is 0 Å². The van der Waals surface area contributed by atoms with E-state index in [9.17, 15) is 13.6 Å². The molecule has 140 valence electrons. The number of fused-ring (bicyclic) bond motifs is 1. The Bertz CT molecular complexity index is 798. The summed E-state index contributed by atoms with van der Waals surface area (Å²) in [5.74, 6) is -0.388. The lowest BCUT2D eigenvalue weighted by Gasteiger charge is -2.20. The van der Waals surface area contributed by atoms with Crippen LogP contribution in [0.15, 0.2) is 18.2 Å². The second-order valence-electron chi connectivity index (χ2n) is 5.80. The number of thiazole rings is 1. The number of carbonyl (C=O) groups excluding carboxylic acids is 1. The molecule has 0 radical (unpaired) electrons. The standard InChI is InChI=1S/C17H19F2N3O3S/c1-3-24-13-8-10(4-5-12(13)25-16(18)19)15(23)21-17-20-11-6-7-22(2)9-14(11)26-17/h4-5,8,16H,3,6-7,9H2,1-2H3,(H,20,21,23). The summed E-state index contributed by atoms with van der Waals surface area (Å²) < 4.78 is 34.6. The van der Waals surface area contributed by atoms with E-state index in [1.54, 1.807) is 6.92 Å². The lowest BCUT2D eigenvalue weighted by molar-refractivity contribution is -0.0514. The van der Waals surface area contributed by atoms with E-state index in [-0.39, 0.29) is 29.6 Å². The number of carbonyl (C=O) groups is 1. The minimum absolute atomic E-state index is 0.0977. The Morgan fingerprint density at radius 2 is 2.23 bits per heavy atom. The second kappa shape index (κ2) is 7.96. The van der Waals surface area contributed by atoms with E-state index in [1.807, 2.05) is 7.05 Å². The number of amides is 1. The van der Waals surface area contributed by atoms with Crippen molar-refractivity contribution in [3.8, 4) is 11.5 Å². The fraction of sp³-hybridized carbons (Fsp3) is 0.412. The molecule has 1 aliphatic rings. The molecule has 9 heteroatoms. The molecule has 3 rings (SSSR count). The average Bonchev–Trinajstić information content (AvgIpc) is 2.97. The van der Waals surface area contributed by atoms with Crippen LogP contribution in [0.3, 0.4) is 0 Å². The summed E-state index contributed by atoms with van der Waals surface area (Å²) in [6, 6.07) is 4.10. The van der Waals surface area contributed by atoms with Crippen LogP contribution >= 0.6 is 11.3 Å². The molecular formula is C17H19F2N3O3S. The van der Waals surface area contributed by atoms with Crippen LogP contribution in [0.5, 0.6) is 11.5 Å². The maximum Gasteiger partial charge on any atom is 0.387 e. The van der Waals surface area contributed by atoms with Crippen molar-refractivity contribution in [2.24, 2.45) is 0 Å². The van der Waals surface area contributed by atoms with Gasteiger partial charge in [-0.3, -0.25) is 10.1 Å². The molecule has 6 nitrogen and oxygen atoms in total. The van der Waals surface area contributed by atoms with Crippen LogP contribution in [0.4, 0.5) is 13.9 Å². The molecule has 1 N–H and O–H groups in total. The summed E-state index contributed by atoms with van der Waals surface area (Å²) in [5, 5.41) is 3.29. The van der Waals surface area contributed by atoms with Gasteiger partial charge in [-0.15, -0.1) is 11.3 Å². The fourth-order valence-electron chi connectivity index (χ4n) is 2.66. The number of anilines is 1. The van der Waals surface area contributed by atoms with Crippen molar-refractivity contribution in [2.45, 2.75) is 26.5 Å². The van der Waals surface area contributed by atoms with Crippen molar-refractivity contribution in [3.05, 3.63) is 34.3 Å². The van der Waals surface area contributed by atoms with E-state index >= 15 is 0 Å². The Labute approximate surface area is 153 Å². The summed E-state index contributed by atoms with van der Waals surface area (Å²) in [4.78, 5) is 20.3. The van der Waals surface area contributed by atoms with Gasteiger partial charge in [-0.05, 0) is 32.2 Å². The topological polar surface area (TPSA) is 63.7 Å². The van der Waals surface area contributed by atoms with Crippen molar-refractivity contribution in [1.29, 1.82) is 0 Å². The highest BCUT2D eigenvalue weighted by Gasteiger charge is 2.20. The maximum absolute atomic E-state index is 12.5. The lowest BCUT2D eigenvalue weighted by atomic mass is 10.2. The number of nitrogens with one attached hydrogen (secondary N) is 1. The quantitative estimate of drug-likeness (QED) is 0.829. The minimum atomic E-state index is -2.96. The average molecular weight is 383 g/mol. The van der Waals surface area contributed by atoms with Gasteiger partial charge in [0.2, 0.25) is 0 Å². The molecule has 2 heterocycles. The number of alkyl halides is 2. The molecule has 0 aliphatic carbocycles. The van der Waals surface area contributed by atoms with Gasteiger partial charge >= 0.3 is 6.61 Å². The molecule has 0 atom stereocenters. The fourth-order valence-corrected chi connectivity index (χ4v) is 3.74. The van der Waals surface area contributed by atoms with E-state index in [0.717, 1.165) is 30.1 Å². The van der Waals surface area contributed by atoms with E-state index in [1.165, 1.54) is 29.5 Å². The van der Waals surface area contributed by atoms with Gasteiger partial charge in [0.25, 0.3) is 5.91 Å². The first-order chi connectivity index (χ1) is 12.5. The number of halogens is 2. The molecule has 1 aromatic carbocycles. The number of hydrogen-bond donors (Lipinski definition) is 1. The number of likely N-dealkylation sites (N-methyl/N-ethyl adjacent to an activating group) is 1. The Morgan fingerprint density at radius 3 is 2.96 bits per heavy atom. The van der Waals surface area contributed by atoms with Crippen LogP contribution in [-0.2, 0) is 13.0 Å². The van der Waals surface area contributed by atoms with Gasteiger partial charge in [-0.1, -0.05) is 0 Å². The Morgan fingerprint density at radius 1 is 1.42 bits per heavy atom. The number of nitrogens with zero attached hydrogens (tertiary/aromatic N) is 2. The Balaban J connectivity index is 1.76. The predicted molar refractivity (Wildman–Crippen MR) is 94.3 cm³/mol. The zero-order valence-corrected chi connectivity index (χ0v) is 15.2. The van der Waals surface area contributed by atoms with Crippen molar-refractivity contribution in [2.75, 3.05) is 25.5 Å². The Kier molecular flexibility index (Phi) is 5.67. The molecule has 1 aromatic heterocycles. The predicted octanol–water partition coefficient (Wildman–Crippen LogP) is 3.38. The number of rotatable bonds is 6. The van der Waals surface area contributed by atoms with Gasteiger partial charge in [0.05, 0.1) is 12.3 Å². The van der Waals surface area contributed by atoms with Gasteiger partial charge in [-0.2, -0.15) is 8.78 Å². The van der Waals surface area contributed by atoms with Crippen molar-refractivity contribution < 1.29 is 23.0 Å². The van der Waals surface area contributed by atoms with Crippen LogP contribution < -0.4 is 14.8 Å². The normalized spacial score (nSPS) is 14.2.